The molecule has 0 atom stereocenters. The van der Waals surface area contributed by atoms with Crippen molar-refractivity contribution in [3.05, 3.63) is 53.6 Å². The van der Waals surface area contributed by atoms with Crippen LogP contribution in [0.2, 0.25) is 5.02 Å². The van der Waals surface area contributed by atoms with Crippen LogP contribution < -0.4 is 19.5 Å². The SMILES string of the molecule is CCOOCCOc1cc(-c2ccc(OC)cc2)nc(Nc2ccc(OC)c(Cl)c2)n1. The average molecular weight is 446 g/mol. The highest BCUT2D eigenvalue weighted by Gasteiger charge is 2.10. The standard InChI is InChI=1S/C22H24ClN3O5/c1-4-30-31-12-11-29-21-14-19(15-5-8-17(27-2)9-6-15)25-22(26-21)24-16-7-10-20(28-3)18(23)13-16/h5-10,13-14H,4,11-12H2,1-3H3,(H,24,25,26). The number of aromatic nitrogens is 2. The van der Waals surface area contributed by atoms with Gasteiger partial charge < -0.3 is 19.5 Å². The third-order valence-corrected chi connectivity index (χ3v) is 4.41. The molecule has 0 amide bonds. The zero-order valence-corrected chi connectivity index (χ0v) is 18.3. The fourth-order valence-corrected chi connectivity index (χ4v) is 2.92. The Hall–Kier alpha value is -3.07. The summed E-state index contributed by atoms with van der Waals surface area (Å²) in [7, 11) is 3.19. The minimum Gasteiger partial charge on any atom is -0.497 e. The molecule has 3 aromatic rings. The quantitative estimate of drug-likeness (QED) is 0.253. The molecule has 0 bridgehead atoms. The Morgan fingerprint density at radius 3 is 2.39 bits per heavy atom. The first-order valence-electron chi connectivity index (χ1n) is 9.64. The molecule has 0 aliphatic rings. The van der Waals surface area contributed by atoms with E-state index in [2.05, 4.69) is 15.3 Å². The van der Waals surface area contributed by atoms with E-state index in [1.54, 1.807) is 32.4 Å². The Bertz CT molecular complexity index is 985. The van der Waals surface area contributed by atoms with Crippen LogP contribution in [0.4, 0.5) is 11.6 Å². The van der Waals surface area contributed by atoms with Crippen LogP contribution >= 0.6 is 11.6 Å². The highest BCUT2D eigenvalue weighted by molar-refractivity contribution is 6.32. The van der Waals surface area contributed by atoms with Gasteiger partial charge in [-0.1, -0.05) is 11.6 Å². The van der Waals surface area contributed by atoms with Crippen molar-refractivity contribution < 1.29 is 24.0 Å². The molecule has 0 spiro atoms. The number of methoxy groups -OCH3 is 2. The van der Waals surface area contributed by atoms with Gasteiger partial charge in [-0.2, -0.15) is 4.98 Å². The normalized spacial score (nSPS) is 10.6. The summed E-state index contributed by atoms with van der Waals surface area (Å²) in [6.07, 6.45) is 0. The van der Waals surface area contributed by atoms with Crippen molar-refractivity contribution in [3.8, 4) is 28.6 Å². The predicted octanol–water partition coefficient (Wildman–Crippen LogP) is 4.90. The minimum atomic E-state index is 0.270. The van der Waals surface area contributed by atoms with Crippen molar-refractivity contribution in [1.82, 2.24) is 9.97 Å². The fourth-order valence-electron chi connectivity index (χ4n) is 2.66. The van der Waals surface area contributed by atoms with Gasteiger partial charge in [0.15, 0.2) is 0 Å². The zero-order valence-electron chi connectivity index (χ0n) is 17.6. The monoisotopic (exact) mass is 445 g/mol. The molecule has 0 saturated heterocycles. The molecule has 8 nitrogen and oxygen atoms in total. The number of halogens is 1. The average Bonchev–Trinajstić information content (AvgIpc) is 2.79. The number of nitrogens with one attached hydrogen (secondary N) is 1. The van der Waals surface area contributed by atoms with E-state index in [1.165, 1.54) is 0 Å². The first-order valence-corrected chi connectivity index (χ1v) is 10.0. The molecular weight excluding hydrogens is 422 g/mol. The summed E-state index contributed by atoms with van der Waals surface area (Å²) in [4.78, 5) is 18.9. The van der Waals surface area contributed by atoms with E-state index in [9.17, 15) is 0 Å². The van der Waals surface area contributed by atoms with Crippen molar-refractivity contribution in [3.63, 3.8) is 0 Å². The lowest BCUT2D eigenvalue weighted by Crippen LogP contribution is -2.09. The summed E-state index contributed by atoms with van der Waals surface area (Å²) < 4.78 is 16.2. The van der Waals surface area contributed by atoms with E-state index in [0.29, 0.717) is 40.6 Å². The fraction of sp³-hybridized carbons (Fsp3) is 0.273. The molecule has 0 fully saturated rings. The van der Waals surface area contributed by atoms with Gasteiger partial charge in [-0.05, 0) is 49.4 Å². The largest absolute Gasteiger partial charge is 0.497 e. The number of anilines is 2. The van der Waals surface area contributed by atoms with Crippen molar-refractivity contribution in [2.24, 2.45) is 0 Å². The van der Waals surface area contributed by atoms with E-state index in [-0.39, 0.29) is 13.2 Å². The van der Waals surface area contributed by atoms with Gasteiger partial charge in [-0.3, -0.25) is 0 Å². The van der Waals surface area contributed by atoms with Crippen LogP contribution in [0.15, 0.2) is 48.5 Å². The molecule has 2 aromatic carbocycles. The van der Waals surface area contributed by atoms with Crippen LogP contribution in [0.3, 0.4) is 0 Å². The van der Waals surface area contributed by atoms with Crippen molar-refractivity contribution in [1.29, 1.82) is 0 Å². The van der Waals surface area contributed by atoms with E-state index in [0.717, 1.165) is 11.3 Å². The van der Waals surface area contributed by atoms with Gasteiger partial charge in [0, 0.05) is 17.3 Å². The third-order valence-electron chi connectivity index (χ3n) is 4.11. The Balaban J connectivity index is 1.85. The maximum atomic E-state index is 6.22. The van der Waals surface area contributed by atoms with Crippen LogP contribution in [-0.2, 0) is 9.78 Å². The van der Waals surface area contributed by atoms with E-state index in [4.69, 9.17) is 35.6 Å². The molecule has 0 radical (unpaired) electrons. The molecule has 0 aliphatic heterocycles. The van der Waals surface area contributed by atoms with Crippen molar-refractivity contribution in [2.75, 3.05) is 39.4 Å². The van der Waals surface area contributed by atoms with Gasteiger partial charge in [0.1, 0.15) is 24.7 Å². The summed E-state index contributed by atoms with van der Waals surface area (Å²) in [5.41, 5.74) is 2.28. The second kappa shape index (κ2) is 11.4. The van der Waals surface area contributed by atoms with Crippen LogP contribution in [-0.4, -0.2) is 44.0 Å². The van der Waals surface area contributed by atoms with Gasteiger partial charge in [0.25, 0.3) is 0 Å². The number of hydrogen-bond acceptors (Lipinski definition) is 8. The van der Waals surface area contributed by atoms with Gasteiger partial charge in [-0.25, -0.2) is 14.8 Å². The molecule has 164 valence electrons. The molecule has 1 N–H and O–H groups in total. The van der Waals surface area contributed by atoms with Crippen LogP contribution in [0.25, 0.3) is 11.3 Å². The maximum Gasteiger partial charge on any atom is 0.231 e. The zero-order chi connectivity index (χ0) is 22.1. The molecule has 31 heavy (non-hydrogen) atoms. The summed E-state index contributed by atoms with van der Waals surface area (Å²) >= 11 is 6.22. The summed E-state index contributed by atoms with van der Waals surface area (Å²) in [5.74, 6) is 2.09. The first-order chi connectivity index (χ1) is 15.1. The molecule has 0 unspecified atom stereocenters. The lowest BCUT2D eigenvalue weighted by Gasteiger charge is -2.12. The number of nitrogens with zero attached hydrogens (tertiary/aromatic N) is 2. The lowest BCUT2D eigenvalue weighted by molar-refractivity contribution is -0.293. The second-order valence-electron chi connectivity index (χ2n) is 6.19. The minimum absolute atomic E-state index is 0.270. The highest BCUT2D eigenvalue weighted by atomic mass is 35.5. The Labute approximate surface area is 186 Å². The number of benzene rings is 2. The van der Waals surface area contributed by atoms with Crippen molar-refractivity contribution >= 4 is 23.2 Å². The Morgan fingerprint density at radius 2 is 1.71 bits per heavy atom. The van der Waals surface area contributed by atoms with Gasteiger partial charge in [-0.15, -0.1) is 0 Å². The first kappa shape index (κ1) is 22.6. The van der Waals surface area contributed by atoms with Crippen molar-refractivity contribution in [2.45, 2.75) is 6.92 Å². The Kier molecular flexibility index (Phi) is 8.28. The second-order valence-corrected chi connectivity index (χ2v) is 6.60. The molecule has 0 aliphatic carbocycles. The smallest absolute Gasteiger partial charge is 0.231 e. The third kappa shape index (κ3) is 6.45. The van der Waals surface area contributed by atoms with Gasteiger partial charge in [0.2, 0.25) is 11.8 Å². The number of hydrogen-bond donors (Lipinski definition) is 1. The molecule has 1 aromatic heterocycles. The number of rotatable bonds is 11. The lowest BCUT2D eigenvalue weighted by atomic mass is 10.1. The van der Waals surface area contributed by atoms with Crippen LogP contribution in [0.1, 0.15) is 6.92 Å². The molecular formula is C22H24ClN3O5. The van der Waals surface area contributed by atoms with E-state index >= 15 is 0 Å². The molecule has 3 rings (SSSR count). The predicted molar refractivity (Wildman–Crippen MR) is 118 cm³/mol. The van der Waals surface area contributed by atoms with Gasteiger partial charge in [0.05, 0.1) is 31.5 Å². The maximum absolute atomic E-state index is 6.22. The van der Waals surface area contributed by atoms with Gasteiger partial charge >= 0.3 is 0 Å². The van der Waals surface area contributed by atoms with Crippen LogP contribution in [0.5, 0.6) is 17.4 Å². The highest BCUT2D eigenvalue weighted by Crippen LogP contribution is 2.30. The van der Waals surface area contributed by atoms with E-state index < -0.39 is 0 Å². The summed E-state index contributed by atoms with van der Waals surface area (Å²) in [6, 6.07) is 14.6. The summed E-state index contributed by atoms with van der Waals surface area (Å²) in [6.45, 7) is 2.85. The number of ether oxygens (including phenoxy) is 3. The molecule has 9 heteroatoms. The Morgan fingerprint density at radius 1 is 0.903 bits per heavy atom. The molecule has 1 heterocycles. The topological polar surface area (TPSA) is 84.0 Å². The van der Waals surface area contributed by atoms with Crippen LogP contribution in [0, 0.1) is 0 Å². The van der Waals surface area contributed by atoms with E-state index in [1.807, 2.05) is 37.3 Å². The molecule has 0 saturated carbocycles. The summed E-state index contributed by atoms with van der Waals surface area (Å²) in [5, 5.41) is 3.63.